The van der Waals surface area contributed by atoms with Gasteiger partial charge in [-0.3, -0.25) is 0 Å². The SMILES string of the molecule is CCCCCOc1ccc(-c2ccc(CC[C@H]3CC[C@H](CCC)CC3)c(F)c2)nn1. The van der Waals surface area contributed by atoms with Crippen molar-refractivity contribution in [2.24, 2.45) is 11.8 Å². The van der Waals surface area contributed by atoms with Crippen LogP contribution in [0.25, 0.3) is 11.3 Å². The van der Waals surface area contributed by atoms with Crippen LogP contribution in [0.3, 0.4) is 0 Å². The number of unbranched alkanes of at least 4 members (excludes halogenated alkanes) is 2. The van der Waals surface area contributed by atoms with E-state index in [0.29, 0.717) is 18.2 Å². The van der Waals surface area contributed by atoms with Gasteiger partial charge in [0.15, 0.2) is 0 Å². The average molecular weight is 413 g/mol. The van der Waals surface area contributed by atoms with E-state index in [2.05, 4.69) is 24.0 Å². The number of benzene rings is 1. The minimum Gasteiger partial charge on any atom is -0.477 e. The molecule has 0 aliphatic heterocycles. The van der Waals surface area contributed by atoms with Crippen LogP contribution in [0.4, 0.5) is 4.39 Å². The summed E-state index contributed by atoms with van der Waals surface area (Å²) < 4.78 is 20.3. The number of nitrogens with zero attached hydrogens (tertiary/aromatic N) is 2. The molecule has 164 valence electrons. The van der Waals surface area contributed by atoms with Crippen molar-refractivity contribution < 1.29 is 9.13 Å². The number of hydrogen-bond acceptors (Lipinski definition) is 3. The minimum atomic E-state index is -0.131. The largest absolute Gasteiger partial charge is 0.477 e. The number of ether oxygens (including phenoxy) is 1. The van der Waals surface area contributed by atoms with Crippen molar-refractivity contribution in [2.45, 2.75) is 84.5 Å². The summed E-state index contributed by atoms with van der Waals surface area (Å²) >= 11 is 0. The Morgan fingerprint density at radius 3 is 2.30 bits per heavy atom. The highest BCUT2D eigenvalue weighted by Crippen LogP contribution is 2.34. The van der Waals surface area contributed by atoms with Crippen molar-refractivity contribution in [3.8, 4) is 17.1 Å². The highest BCUT2D eigenvalue weighted by molar-refractivity contribution is 5.59. The smallest absolute Gasteiger partial charge is 0.233 e. The van der Waals surface area contributed by atoms with Gasteiger partial charge in [-0.25, -0.2) is 4.39 Å². The highest BCUT2D eigenvalue weighted by atomic mass is 19.1. The molecule has 3 rings (SSSR count). The van der Waals surface area contributed by atoms with Crippen LogP contribution in [0, 0.1) is 17.7 Å². The molecule has 0 saturated heterocycles. The van der Waals surface area contributed by atoms with Gasteiger partial charge in [0.25, 0.3) is 0 Å². The van der Waals surface area contributed by atoms with Gasteiger partial charge >= 0.3 is 0 Å². The fraction of sp³-hybridized carbons (Fsp3) is 0.615. The molecule has 0 atom stereocenters. The average Bonchev–Trinajstić information content (AvgIpc) is 2.77. The molecule has 30 heavy (non-hydrogen) atoms. The van der Waals surface area contributed by atoms with Gasteiger partial charge in [-0.05, 0) is 48.8 Å². The van der Waals surface area contributed by atoms with Crippen molar-refractivity contribution in [2.75, 3.05) is 6.61 Å². The molecule has 1 fully saturated rings. The first-order valence-electron chi connectivity index (χ1n) is 11.9. The first-order valence-corrected chi connectivity index (χ1v) is 11.9. The molecule has 0 amide bonds. The zero-order valence-electron chi connectivity index (χ0n) is 18.7. The molecule has 1 aromatic heterocycles. The Morgan fingerprint density at radius 2 is 1.67 bits per heavy atom. The van der Waals surface area contributed by atoms with Crippen molar-refractivity contribution in [3.63, 3.8) is 0 Å². The van der Waals surface area contributed by atoms with Gasteiger partial charge in [0, 0.05) is 11.6 Å². The van der Waals surface area contributed by atoms with Gasteiger partial charge in [-0.15, -0.1) is 10.2 Å². The number of halogens is 1. The van der Waals surface area contributed by atoms with Crippen molar-refractivity contribution in [3.05, 3.63) is 41.7 Å². The summed E-state index contributed by atoms with van der Waals surface area (Å²) in [7, 11) is 0. The fourth-order valence-corrected chi connectivity index (χ4v) is 4.57. The summed E-state index contributed by atoms with van der Waals surface area (Å²) in [5.41, 5.74) is 2.26. The van der Waals surface area contributed by atoms with Gasteiger partial charge in [-0.1, -0.05) is 77.3 Å². The van der Waals surface area contributed by atoms with E-state index in [0.717, 1.165) is 55.1 Å². The van der Waals surface area contributed by atoms with Crippen LogP contribution in [-0.4, -0.2) is 16.8 Å². The Kier molecular flexibility index (Phi) is 9.10. The number of rotatable bonds is 11. The quantitative estimate of drug-likeness (QED) is 0.361. The molecule has 2 aromatic rings. The monoisotopic (exact) mass is 412 g/mol. The Morgan fingerprint density at radius 1 is 0.900 bits per heavy atom. The summed E-state index contributed by atoms with van der Waals surface area (Å²) in [4.78, 5) is 0. The van der Waals surface area contributed by atoms with Crippen LogP contribution >= 0.6 is 0 Å². The molecule has 1 aliphatic carbocycles. The van der Waals surface area contributed by atoms with Gasteiger partial charge in [0.2, 0.25) is 5.88 Å². The van der Waals surface area contributed by atoms with Crippen LogP contribution in [0.15, 0.2) is 30.3 Å². The normalized spacial score (nSPS) is 19.0. The molecule has 0 N–H and O–H groups in total. The summed E-state index contributed by atoms with van der Waals surface area (Å²) in [6.45, 7) is 5.10. The maximum Gasteiger partial charge on any atom is 0.233 e. The van der Waals surface area contributed by atoms with Gasteiger partial charge in [0.05, 0.1) is 12.3 Å². The molecular formula is C26H37FN2O. The van der Waals surface area contributed by atoms with Gasteiger partial charge in [-0.2, -0.15) is 0 Å². The van der Waals surface area contributed by atoms with E-state index in [4.69, 9.17) is 4.74 Å². The number of aromatic nitrogens is 2. The Labute approximate surface area is 181 Å². The molecule has 0 spiro atoms. The lowest BCUT2D eigenvalue weighted by molar-refractivity contribution is 0.252. The summed E-state index contributed by atoms with van der Waals surface area (Å²) in [5, 5.41) is 8.35. The van der Waals surface area contributed by atoms with E-state index < -0.39 is 0 Å². The zero-order valence-corrected chi connectivity index (χ0v) is 18.7. The molecule has 0 radical (unpaired) electrons. The minimum absolute atomic E-state index is 0.131. The molecule has 1 heterocycles. The standard InChI is InChI=1S/C26H37FN2O/c1-3-5-6-18-30-26-17-16-25(28-29-26)23-15-14-22(24(27)19-23)13-12-21-10-8-20(7-4-2)9-11-21/h14-17,19-21H,3-13,18H2,1-2H3/t20-,21-. The molecule has 4 heteroatoms. The van der Waals surface area contributed by atoms with Crippen LogP contribution in [0.1, 0.15) is 83.6 Å². The number of aryl methyl sites for hydroxylation is 1. The molecule has 0 bridgehead atoms. The lowest BCUT2D eigenvalue weighted by atomic mass is 9.78. The lowest BCUT2D eigenvalue weighted by Crippen LogP contribution is -2.15. The maximum atomic E-state index is 14.7. The van der Waals surface area contributed by atoms with Crippen molar-refractivity contribution in [1.29, 1.82) is 0 Å². The highest BCUT2D eigenvalue weighted by Gasteiger charge is 2.20. The molecule has 1 saturated carbocycles. The Hall–Kier alpha value is -1.97. The molecule has 1 aliphatic rings. The Bertz CT molecular complexity index is 754. The summed E-state index contributed by atoms with van der Waals surface area (Å²) in [6, 6.07) is 9.15. The third-order valence-electron chi connectivity index (χ3n) is 6.47. The molecular weight excluding hydrogens is 375 g/mol. The van der Waals surface area contributed by atoms with Crippen LogP contribution < -0.4 is 4.74 Å². The number of hydrogen-bond donors (Lipinski definition) is 0. The van der Waals surface area contributed by atoms with Crippen LogP contribution in [-0.2, 0) is 6.42 Å². The second-order valence-electron chi connectivity index (χ2n) is 8.83. The second-order valence-corrected chi connectivity index (χ2v) is 8.83. The van der Waals surface area contributed by atoms with Crippen molar-refractivity contribution >= 4 is 0 Å². The van der Waals surface area contributed by atoms with Crippen LogP contribution in [0.2, 0.25) is 0 Å². The fourth-order valence-electron chi connectivity index (χ4n) is 4.57. The van der Waals surface area contributed by atoms with E-state index in [1.807, 2.05) is 24.3 Å². The first kappa shape index (κ1) is 22.7. The lowest BCUT2D eigenvalue weighted by Gasteiger charge is -2.28. The predicted molar refractivity (Wildman–Crippen MR) is 121 cm³/mol. The van der Waals surface area contributed by atoms with E-state index in [-0.39, 0.29) is 5.82 Å². The third kappa shape index (κ3) is 6.78. The summed E-state index contributed by atoms with van der Waals surface area (Å²) in [6.07, 6.45) is 13.3. The van der Waals surface area contributed by atoms with E-state index in [9.17, 15) is 4.39 Å². The Balaban J connectivity index is 1.50. The second kappa shape index (κ2) is 12.0. The predicted octanol–water partition coefficient (Wildman–Crippen LogP) is 7.39. The third-order valence-corrected chi connectivity index (χ3v) is 6.47. The van der Waals surface area contributed by atoms with E-state index in [1.165, 1.54) is 38.5 Å². The topological polar surface area (TPSA) is 35.0 Å². The van der Waals surface area contributed by atoms with Gasteiger partial charge < -0.3 is 4.74 Å². The first-order chi connectivity index (χ1) is 14.7. The van der Waals surface area contributed by atoms with E-state index >= 15 is 0 Å². The molecule has 3 nitrogen and oxygen atoms in total. The zero-order chi connectivity index (χ0) is 21.2. The van der Waals surface area contributed by atoms with Crippen LogP contribution in [0.5, 0.6) is 5.88 Å². The van der Waals surface area contributed by atoms with Gasteiger partial charge in [0.1, 0.15) is 5.82 Å². The summed E-state index contributed by atoms with van der Waals surface area (Å²) in [5.74, 6) is 2.08. The van der Waals surface area contributed by atoms with E-state index in [1.54, 1.807) is 6.07 Å². The maximum absolute atomic E-state index is 14.7. The molecule has 1 aromatic carbocycles. The molecule has 0 unspecified atom stereocenters. The van der Waals surface area contributed by atoms with Crippen molar-refractivity contribution in [1.82, 2.24) is 10.2 Å².